The molecule has 0 aliphatic heterocycles. The van der Waals surface area contributed by atoms with Crippen molar-refractivity contribution in [3.8, 4) is 0 Å². The second-order valence-electron chi connectivity index (χ2n) is 9.25. The molecule has 1 N–H and O–H groups in total. The summed E-state index contributed by atoms with van der Waals surface area (Å²) in [6.45, 7) is 9.30. The van der Waals surface area contributed by atoms with E-state index >= 15 is 0 Å². The van der Waals surface area contributed by atoms with E-state index < -0.39 is 23.9 Å². The third-order valence-electron chi connectivity index (χ3n) is 6.76. The van der Waals surface area contributed by atoms with E-state index in [9.17, 15) is 23.1 Å². The normalized spacial score (nSPS) is 14.1. The number of alkyl halides is 3. The van der Waals surface area contributed by atoms with Crippen LogP contribution in [0.3, 0.4) is 0 Å². The molecule has 3 rings (SSSR count). The molecule has 0 heterocycles. The smallest absolute Gasteiger partial charge is 0.416 e. The Morgan fingerprint density at radius 3 is 2.35 bits per heavy atom. The summed E-state index contributed by atoms with van der Waals surface area (Å²) in [4.78, 5) is 15.9. The molecule has 0 radical (unpaired) electrons. The van der Waals surface area contributed by atoms with Crippen LogP contribution >= 0.6 is 0 Å². The van der Waals surface area contributed by atoms with Crippen molar-refractivity contribution in [3.05, 3.63) is 63.7 Å². The van der Waals surface area contributed by atoms with Crippen molar-refractivity contribution >= 4 is 11.8 Å². The van der Waals surface area contributed by atoms with E-state index in [4.69, 9.17) is 0 Å². The van der Waals surface area contributed by atoms with Crippen LogP contribution in [0.25, 0.3) is 0 Å². The number of hydrogen-bond acceptors (Lipinski definition) is 2. The molecule has 34 heavy (non-hydrogen) atoms. The lowest BCUT2D eigenvalue weighted by molar-refractivity contribution is -0.137. The number of carbonyl (C=O) groups is 1. The molecule has 186 valence electrons. The van der Waals surface area contributed by atoms with Gasteiger partial charge in [0, 0.05) is 18.8 Å². The second-order valence-corrected chi connectivity index (χ2v) is 9.25. The van der Waals surface area contributed by atoms with Crippen LogP contribution in [0, 0.1) is 6.92 Å². The number of anilines is 1. The second kappa shape index (κ2) is 10.7. The third kappa shape index (κ3) is 5.86. The largest absolute Gasteiger partial charge is 0.465 e. The summed E-state index contributed by atoms with van der Waals surface area (Å²) in [5.41, 5.74) is 4.56. The number of hydrogen-bond donors (Lipinski definition) is 1. The fraction of sp³-hybridized carbons (Fsp3) is 0.519. The lowest BCUT2D eigenvalue weighted by atomic mass is 9.98. The van der Waals surface area contributed by atoms with E-state index in [0.717, 1.165) is 68.6 Å². The molecule has 4 nitrogen and oxygen atoms in total. The van der Waals surface area contributed by atoms with Gasteiger partial charge in [-0.05, 0) is 86.9 Å². The Kier molecular flexibility index (Phi) is 8.16. The molecule has 2 aromatic carbocycles. The van der Waals surface area contributed by atoms with Gasteiger partial charge >= 0.3 is 12.3 Å². The van der Waals surface area contributed by atoms with Gasteiger partial charge in [0.1, 0.15) is 0 Å². The summed E-state index contributed by atoms with van der Waals surface area (Å²) < 4.78 is 40.2. The van der Waals surface area contributed by atoms with E-state index in [2.05, 4.69) is 30.9 Å². The summed E-state index contributed by atoms with van der Waals surface area (Å²) in [5.74, 6) is 0. The molecular weight excluding hydrogens is 441 g/mol. The molecule has 1 atom stereocenters. The molecular formula is C27H35F3N2O2. The summed E-state index contributed by atoms with van der Waals surface area (Å²) in [7, 11) is 0. The predicted octanol–water partition coefficient (Wildman–Crippen LogP) is 7.37. The molecule has 0 saturated carbocycles. The van der Waals surface area contributed by atoms with Gasteiger partial charge in [0.05, 0.1) is 18.2 Å². The minimum absolute atomic E-state index is 0.122. The molecule has 7 heteroatoms. The highest BCUT2D eigenvalue weighted by Gasteiger charge is 2.32. The van der Waals surface area contributed by atoms with E-state index in [1.807, 2.05) is 0 Å². The predicted molar refractivity (Wildman–Crippen MR) is 129 cm³/mol. The van der Waals surface area contributed by atoms with Gasteiger partial charge in [-0.2, -0.15) is 13.2 Å². The molecule has 0 spiro atoms. The van der Waals surface area contributed by atoms with Gasteiger partial charge in [0.15, 0.2) is 0 Å². The molecule has 0 fully saturated rings. The van der Waals surface area contributed by atoms with Crippen LogP contribution in [-0.4, -0.2) is 29.2 Å². The molecule has 0 aromatic heterocycles. The van der Waals surface area contributed by atoms with Crippen LogP contribution in [-0.2, 0) is 25.6 Å². The molecule has 1 aliphatic carbocycles. The lowest BCUT2D eigenvalue weighted by Gasteiger charge is -2.32. The van der Waals surface area contributed by atoms with Crippen LogP contribution in [0.15, 0.2) is 30.3 Å². The number of aryl methyl sites for hydroxylation is 3. The van der Waals surface area contributed by atoms with Gasteiger partial charge < -0.3 is 10.0 Å². The lowest BCUT2D eigenvalue weighted by Crippen LogP contribution is -2.33. The first-order valence-electron chi connectivity index (χ1n) is 12.1. The Morgan fingerprint density at radius 1 is 1.09 bits per heavy atom. The average molecular weight is 477 g/mol. The van der Waals surface area contributed by atoms with E-state index in [0.29, 0.717) is 11.1 Å². The maximum absolute atomic E-state index is 13.4. The number of amides is 1. The Labute approximate surface area is 200 Å². The first-order valence-corrected chi connectivity index (χ1v) is 12.1. The van der Waals surface area contributed by atoms with Crippen molar-refractivity contribution in [1.29, 1.82) is 0 Å². The van der Waals surface area contributed by atoms with E-state index in [-0.39, 0.29) is 6.54 Å². The van der Waals surface area contributed by atoms with Crippen molar-refractivity contribution in [2.45, 2.75) is 78.6 Å². The van der Waals surface area contributed by atoms with Crippen molar-refractivity contribution in [2.75, 3.05) is 18.0 Å². The van der Waals surface area contributed by atoms with E-state index in [1.165, 1.54) is 16.0 Å². The molecule has 1 amide bonds. The SMILES string of the molecule is CCCCN(CC)c1cc2c(cc1CN(C(=O)O)C(C)c1cc(C)cc(C(F)(F)F)c1)CCC2. The number of nitrogens with zero attached hydrogens (tertiary/aromatic N) is 2. The Bertz CT molecular complexity index is 1020. The Morgan fingerprint density at radius 2 is 1.76 bits per heavy atom. The fourth-order valence-electron chi connectivity index (χ4n) is 4.83. The summed E-state index contributed by atoms with van der Waals surface area (Å²) >= 11 is 0. The highest BCUT2D eigenvalue weighted by atomic mass is 19.4. The van der Waals surface area contributed by atoms with Gasteiger partial charge in [-0.15, -0.1) is 0 Å². The number of halogens is 3. The van der Waals surface area contributed by atoms with Crippen LogP contribution in [0.5, 0.6) is 0 Å². The number of rotatable bonds is 9. The minimum Gasteiger partial charge on any atom is -0.465 e. The molecule has 0 saturated heterocycles. The van der Waals surface area contributed by atoms with Gasteiger partial charge in [0.25, 0.3) is 0 Å². The number of benzene rings is 2. The van der Waals surface area contributed by atoms with Crippen LogP contribution in [0.2, 0.25) is 0 Å². The topological polar surface area (TPSA) is 43.8 Å². The van der Waals surface area contributed by atoms with Crippen LogP contribution < -0.4 is 4.90 Å². The van der Waals surface area contributed by atoms with Crippen molar-refractivity contribution in [1.82, 2.24) is 4.90 Å². The van der Waals surface area contributed by atoms with Crippen molar-refractivity contribution < 1.29 is 23.1 Å². The molecule has 0 bridgehead atoms. The first-order chi connectivity index (χ1) is 16.0. The van der Waals surface area contributed by atoms with E-state index in [1.54, 1.807) is 19.9 Å². The maximum atomic E-state index is 13.4. The monoisotopic (exact) mass is 476 g/mol. The zero-order valence-corrected chi connectivity index (χ0v) is 20.5. The van der Waals surface area contributed by atoms with Crippen LogP contribution in [0.4, 0.5) is 23.7 Å². The summed E-state index contributed by atoms with van der Waals surface area (Å²) in [6, 6.07) is 7.38. The average Bonchev–Trinajstić information content (AvgIpc) is 3.23. The van der Waals surface area contributed by atoms with Gasteiger partial charge in [-0.25, -0.2) is 4.79 Å². The number of carboxylic acid groups (broad SMARTS) is 1. The highest BCUT2D eigenvalue weighted by Crippen LogP contribution is 2.36. The van der Waals surface area contributed by atoms with Crippen molar-refractivity contribution in [3.63, 3.8) is 0 Å². The minimum atomic E-state index is -4.48. The molecule has 1 aliphatic rings. The Balaban J connectivity index is 2.00. The fourth-order valence-corrected chi connectivity index (χ4v) is 4.83. The maximum Gasteiger partial charge on any atom is 0.416 e. The zero-order valence-electron chi connectivity index (χ0n) is 20.5. The number of unbranched alkanes of at least 4 members (excludes halogenated alkanes) is 1. The van der Waals surface area contributed by atoms with Gasteiger partial charge in [0.2, 0.25) is 0 Å². The van der Waals surface area contributed by atoms with Crippen LogP contribution in [0.1, 0.15) is 79.5 Å². The molecule has 1 unspecified atom stereocenters. The van der Waals surface area contributed by atoms with Gasteiger partial charge in [-0.1, -0.05) is 31.0 Å². The third-order valence-corrected chi connectivity index (χ3v) is 6.76. The zero-order chi connectivity index (χ0) is 25.0. The van der Waals surface area contributed by atoms with Gasteiger partial charge in [-0.3, -0.25) is 4.90 Å². The number of fused-ring (bicyclic) bond motifs is 1. The molecule has 2 aromatic rings. The first kappa shape index (κ1) is 25.9. The Hall–Kier alpha value is -2.70. The standard InChI is InChI=1S/C27H35F3N2O2/c1-5-7-11-31(6-2)25-16-21-10-8-9-20(21)14-23(25)17-32(26(33)34)19(4)22-12-18(3)13-24(15-22)27(28,29)30/h12-16,19H,5-11,17H2,1-4H3,(H,33,34). The summed E-state index contributed by atoms with van der Waals surface area (Å²) in [6.07, 6.45) is -0.456. The highest BCUT2D eigenvalue weighted by molar-refractivity contribution is 5.67. The quantitative estimate of drug-likeness (QED) is 0.411. The summed E-state index contributed by atoms with van der Waals surface area (Å²) in [5, 5.41) is 10.1. The van der Waals surface area contributed by atoms with Crippen molar-refractivity contribution in [2.24, 2.45) is 0 Å².